The molecule has 0 atom stereocenters. The Labute approximate surface area is 138 Å². The van der Waals surface area contributed by atoms with Gasteiger partial charge in [0.25, 0.3) is 5.91 Å². The lowest BCUT2D eigenvalue weighted by Crippen LogP contribution is -2.33. The molecule has 2 aromatic rings. The summed E-state index contributed by atoms with van der Waals surface area (Å²) in [4.78, 5) is 18.7. The van der Waals surface area contributed by atoms with E-state index in [4.69, 9.17) is 11.6 Å². The first-order chi connectivity index (χ1) is 10.6. The number of nitrogens with zero attached hydrogens (tertiary/aromatic N) is 3. The summed E-state index contributed by atoms with van der Waals surface area (Å²) in [6.07, 6.45) is 2.23. The quantitative estimate of drug-likeness (QED) is 0.849. The van der Waals surface area contributed by atoms with Crippen LogP contribution in [-0.2, 0) is 0 Å². The second-order valence-electron chi connectivity index (χ2n) is 5.38. The van der Waals surface area contributed by atoms with Crippen molar-refractivity contribution in [2.24, 2.45) is 5.92 Å². The first kappa shape index (κ1) is 15.0. The standard InChI is InChI=1S/C16H14ClN3OS/c1-10-19-14(9-22-10)16(21)20(8-11-2-3-11)15-6-13(17)5-4-12(15)7-18/h4-6,9,11H,2-3,8H2,1H3. The van der Waals surface area contributed by atoms with Crippen LogP contribution in [0.4, 0.5) is 5.69 Å². The van der Waals surface area contributed by atoms with E-state index in [9.17, 15) is 10.1 Å². The second kappa shape index (κ2) is 6.07. The Morgan fingerprint density at radius 3 is 2.91 bits per heavy atom. The topological polar surface area (TPSA) is 57.0 Å². The molecule has 1 aliphatic carbocycles. The molecular formula is C16H14ClN3OS. The van der Waals surface area contributed by atoms with Gasteiger partial charge in [0.15, 0.2) is 0 Å². The Hall–Kier alpha value is -1.90. The van der Waals surface area contributed by atoms with Gasteiger partial charge in [0.2, 0.25) is 0 Å². The number of amides is 1. The van der Waals surface area contributed by atoms with Crippen LogP contribution >= 0.6 is 22.9 Å². The Kier molecular flexibility index (Phi) is 4.14. The van der Waals surface area contributed by atoms with Crippen molar-refractivity contribution in [1.29, 1.82) is 5.26 Å². The molecule has 1 aromatic heterocycles. The largest absolute Gasteiger partial charge is 0.305 e. The molecular weight excluding hydrogens is 318 g/mol. The van der Waals surface area contributed by atoms with Crippen molar-refractivity contribution in [3.8, 4) is 6.07 Å². The molecule has 0 aliphatic heterocycles. The minimum absolute atomic E-state index is 0.171. The van der Waals surface area contributed by atoms with Crippen molar-refractivity contribution in [2.75, 3.05) is 11.4 Å². The molecule has 1 heterocycles. The van der Waals surface area contributed by atoms with Gasteiger partial charge >= 0.3 is 0 Å². The van der Waals surface area contributed by atoms with Crippen LogP contribution in [0.5, 0.6) is 0 Å². The summed E-state index contributed by atoms with van der Waals surface area (Å²) >= 11 is 7.51. The minimum Gasteiger partial charge on any atom is -0.305 e. The van der Waals surface area contributed by atoms with Crippen LogP contribution in [0.1, 0.15) is 33.9 Å². The van der Waals surface area contributed by atoms with Gasteiger partial charge in [-0.15, -0.1) is 11.3 Å². The van der Waals surface area contributed by atoms with E-state index in [1.54, 1.807) is 28.5 Å². The van der Waals surface area contributed by atoms with Crippen molar-refractivity contribution < 1.29 is 4.79 Å². The number of benzene rings is 1. The van der Waals surface area contributed by atoms with Gasteiger partial charge in [0.1, 0.15) is 11.8 Å². The van der Waals surface area contributed by atoms with Gasteiger partial charge in [-0.25, -0.2) is 4.98 Å². The fraction of sp³-hybridized carbons (Fsp3) is 0.312. The number of hydrogen-bond donors (Lipinski definition) is 0. The van der Waals surface area contributed by atoms with E-state index in [2.05, 4.69) is 11.1 Å². The molecule has 1 aliphatic rings. The van der Waals surface area contributed by atoms with Crippen molar-refractivity contribution in [3.05, 3.63) is 44.9 Å². The van der Waals surface area contributed by atoms with E-state index >= 15 is 0 Å². The maximum absolute atomic E-state index is 12.8. The van der Waals surface area contributed by atoms with Crippen molar-refractivity contribution in [1.82, 2.24) is 4.98 Å². The van der Waals surface area contributed by atoms with Crippen LogP contribution in [0, 0.1) is 24.2 Å². The summed E-state index contributed by atoms with van der Waals surface area (Å²) < 4.78 is 0. The molecule has 22 heavy (non-hydrogen) atoms. The monoisotopic (exact) mass is 331 g/mol. The average Bonchev–Trinajstić information content (AvgIpc) is 3.23. The minimum atomic E-state index is -0.171. The zero-order valence-electron chi connectivity index (χ0n) is 12.0. The lowest BCUT2D eigenvalue weighted by atomic mass is 10.1. The van der Waals surface area contributed by atoms with Crippen LogP contribution in [0.3, 0.4) is 0 Å². The predicted octanol–water partition coefficient (Wildman–Crippen LogP) is 4.03. The zero-order chi connectivity index (χ0) is 15.7. The first-order valence-electron chi connectivity index (χ1n) is 7.02. The molecule has 0 spiro atoms. The highest BCUT2D eigenvalue weighted by Gasteiger charge is 2.30. The number of halogens is 1. The Balaban J connectivity index is 2.01. The summed E-state index contributed by atoms with van der Waals surface area (Å²) in [5, 5.41) is 12.4. The van der Waals surface area contributed by atoms with E-state index in [0.717, 1.165) is 17.8 Å². The Morgan fingerprint density at radius 1 is 1.55 bits per heavy atom. The number of aromatic nitrogens is 1. The predicted molar refractivity (Wildman–Crippen MR) is 87.4 cm³/mol. The number of rotatable bonds is 4. The summed E-state index contributed by atoms with van der Waals surface area (Å²) in [6, 6.07) is 7.13. The third-order valence-electron chi connectivity index (χ3n) is 3.59. The fourth-order valence-corrected chi connectivity index (χ4v) is 3.02. The number of aryl methyl sites for hydroxylation is 1. The normalized spacial score (nSPS) is 13.7. The van der Waals surface area contributed by atoms with E-state index in [-0.39, 0.29) is 5.91 Å². The maximum atomic E-state index is 12.8. The van der Waals surface area contributed by atoms with Gasteiger partial charge < -0.3 is 4.90 Å². The molecule has 112 valence electrons. The number of carbonyl (C=O) groups is 1. The summed E-state index contributed by atoms with van der Waals surface area (Å²) in [5.74, 6) is 0.323. The highest BCUT2D eigenvalue weighted by Crippen LogP contribution is 2.34. The van der Waals surface area contributed by atoms with Crippen LogP contribution in [0.2, 0.25) is 5.02 Å². The summed E-state index contributed by atoms with van der Waals surface area (Å²) in [5.41, 5.74) is 1.44. The molecule has 4 nitrogen and oxygen atoms in total. The van der Waals surface area contributed by atoms with E-state index < -0.39 is 0 Å². The Morgan fingerprint density at radius 2 is 2.32 bits per heavy atom. The number of anilines is 1. The van der Waals surface area contributed by atoms with Gasteiger partial charge in [0, 0.05) is 16.9 Å². The maximum Gasteiger partial charge on any atom is 0.277 e. The van der Waals surface area contributed by atoms with Crippen molar-refractivity contribution >= 4 is 34.5 Å². The smallest absolute Gasteiger partial charge is 0.277 e. The lowest BCUT2D eigenvalue weighted by molar-refractivity contribution is 0.0981. The number of nitriles is 1. The SMILES string of the molecule is Cc1nc(C(=O)N(CC2CC2)c2cc(Cl)ccc2C#N)cs1. The first-order valence-corrected chi connectivity index (χ1v) is 8.28. The molecule has 1 amide bonds. The molecule has 3 rings (SSSR count). The molecule has 0 unspecified atom stereocenters. The van der Waals surface area contributed by atoms with Crippen molar-refractivity contribution in [2.45, 2.75) is 19.8 Å². The van der Waals surface area contributed by atoms with Gasteiger partial charge in [0.05, 0.1) is 16.3 Å². The van der Waals surface area contributed by atoms with Gasteiger partial charge in [-0.1, -0.05) is 11.6 Å². The highest BCUT2D eigenvalue weighted by molar-refractivity contribution is 7.09. The number of hydrogen-bond acceptors (Lipinski definition) is 4. The molecule has 1 saturated carbocycles. The lowest BCUT2D eigenvalue weighted by Gasteiger charge is -2.23. The second-order valence-corrected chi connectivity index (χ2v) is 6.88. The average molecular weight is 332 g/mol. The van der Waals surface area contributed by atoms with E-state index in [0.29, 0.717) is 34.4 Å². The Bertz CT molecular complexity index is 761. The van der Waals surface area contributed by atoms with Crippen LogP contribution < -0.4 is 4.90 Å². The molecule has 0 N–H and O–H groups in total. The molecule has 0 radical (unpaired) electrons. The number of thiazole rings is 1. The van der Waals surface area contributed by atoms with Crippen LogP contribution in [0.25, 0.3) is 0 Å². The van der Waals surface area contributed by atoms with E-state index in [1.165, 1.54) is 11.3 Å². The third-order valence-corrected chi connectivity index (χ3v) is 4.60. The van der Waals surface area contributed by atoms with Crippen molar-refractivity contribution in [3.63, 3.8) is 0 Å². The molecule has 1 aromatic carbocycles. The fourth-order valence-electron chi connectivity index (χ4n) is 2.27. The van der Waals surface area contributed by atoms with Gasteiger partial charge in [-0.3, -0.25) is 4.79 Å². The third kappa shape index (κ3) is 3.13. The zero-order valence-corrected chi connectivity index (χ0v) is 13.6. The summed E-state index contributed by atoms with van der Waals surface area (Å²) in [7, 11) is 0. The van der Waals surface area contributed by atoms with Crippen LogP contribution in [0.15, 0.2) is 23.6 Å². The molecule has 1 fully saturated rings. The summed E-state index contributed by atoms with van der Waals surface area (Å²) in [6.45, 7) is 2.47. The number of carbonyl (C=O) groups excluding carboxylic acids is 1. The highest BCUT2D eigenvalue weighted by atomic mass is 35.5. The molecule has 0 saturated heterocycles. The van der Waals surface area contributed by atoms with Crippen LogP contribution in [-0.4, -0.2) is 17.4 Å². The molecule has 6 heteroatoms. The molecule has 0 bridgehead atoms. The van der Waals surface area contributed by atoms with Gasteiger partial charge in [-0.2, -0.15) is 5.26 Å². The van der Waals surface area contributed by atoms with E-state index in [1.807, 2.05) is 6.92 Å². The van der Waals surface area contributed by atoms with Gasteiger partial charge in [-0.05, 0) is 43.9 Å².